The highest BCUT2D eigenvalue weighted by molar-refractivity contribution is 7.17. The number of carboxylic acids is 1. The number of thiazole rings is 1. The lowest BCUT2D eigenvalue weighted by molar-refractivity contribution is 0.0702. The van der Waals surface area contributed by atoms with Crippen molar-refractivity contribution < 1.29 is 14.6 Å². The molecule has 0 bridgehead atoms. The van der Waals surface area contributed by atoms with E-state index in [-0.39, 0.29) is 4.88 Å². The first-order valence-electron chi connectivity index (χ1n) is 7.04. The molecular formula is C18H15NO3S. The fourth-order valence-corrected chi connectivity index (χ4v) is 3.18. The molecule has 0 unspecified atom stereocenters. The molecule has 0 aliphatic carbocycles. The molecule has 0 saturated heterocycles. The van der Waals surface area contributed by atoms with E-state index < -0.39 is 5.97 Å². The van der Waals surface area contributed by atoms with Gasteiger partial charge < -0.3 is 9.84 Å². The van der Waals surface area contributed by atoms with Crippen LogP contribution >= 0.6 is 11.3 Å². The van der Waals surface area contributed by atoms with E-state index in [1.807, 2.05) is 49.4 Å². The Morgan fingerprint density at radius 2 is 1.87 bits per heavy atom. The first-order chi connectivity index (χ1) is 11.1. The number of ether oxygens (including phenoxy) is 1. The van der Waals surface area contributed by atoms with Crippen molar-refractivity contribution in [1.82, 2.24) is 4.98 Å². The SMILES string of the molecule is COc1cccc(-c2nc(-c3ccc(C)cc3)sc2C(=O)O)c1. The summed E-state index contributed by atoms with van der Waals surface area (Å²) in [6, 6.07) is 15.2. The van der Waals surface area contributed by atoms with Gasteiger partial charge in [0.2, 0.25) is 0 Å². The summed E-state index contributed by atoms with van der Waals surface area (Å²) in [7, 11) is 1.58. The Balaban J connectivity index is 2.12. The largest absolute Gasteiger partial charge is 0.497 e. The number of benzene rings is 2. The van der Waals surface area contributed by atoms with Crippen molar-refractivity contribution in [3.05, 3.63) is 59.0 Å². The molecule has 1 N–H and O–H groups in total. The molecular weight excluding hydrogens is 310 g/mol. The van der Waals surface area contributed by atoms with E-state index in [0.29, 0.717) is 16.5 Å². The molecule has 0 saturated carbocycles. The monoisotopic (exact) mass is 325 g/mol. The second kappa shape index (κ2) is 6.22. The average Bonchev–Trinajstić information content (AvgIpc) is 3.01. The number of rotatable bonds is 4. The van der Waals surface area contributed by atoms with Gasteiger partial charge in [-0.25, -0.2) is 9.78 Å². The molecule has 0 aliphatic heterocycles. The van der Waals surface area contributed by atoms with Crippen molar-refractivity contribution >= 4 is 17.3 Å². The fourth-order valence-electron chi connectivity index (χ4n) is 2.25. The number of carbonyl (C=O) groups is 1. The fraction of sp³-hybridized carbons (Fsp3) is 0.111. The summed E-state index contributed by atoms with van der Waals surface area (Å²) < 4.78 is 5.21. The Morgan fingerprint density at radius 1 is 1.13 bits per heavy atom. The molecule has 1 aromatic heterocycles. The van der Waals surface area contributed by atoms with Gasteiger partial charge in [0.15, 0.2) is 0 Å². The number of carboxylic acid groups (broad SMARTS) is 1. The lowest BCUT2D eigenvalue weighted by Crippen LogP contribution is -1.95. The van der Waals surface area contributed by atoms with Gasteiger partial charge in [0.1, 0.15) is 15.6 Å². The van der Waals surface area contributed by atoms with Crippen molar-refractivity contribution in [1.29, 1.82) is 0 Å². The number of nitrogens with zero attached hydrogens (tertiary/aromatic N) is 1. The molecule has 2 aromatic carbocycles. The van der Waals surface area contributed by atoms with Crippen LogP contribution in [0.3, 0.4) is 0 Å². The quantitative estimate of drug-likeness (QED) is 0.767. The maximum Gasteiger partial charge on any atom is 0.348 e. The van der Waals surface area contributed by atoms with Gasteiger partial charge in [-0.2, -0.15) is 0 Å². The summed E-state index contributed by atoms with van der Waals surface area (Å²) in [4.78, 5) is 16.4. The predicted molar refractivity (Wildman–Crippen MR) is 91.2 cm³/mol. The molecule has 0 atom stereocenters. The first kappa shape index (κ1) is 15.2. The maximum absolute atomic E-state index is 11.6. The Morgan fingerprint density at radius 3 is 2.52 bits per heavy atom. The smallest absolute Gasteiger partial charge is 0.348 e. The molecule has 23 heavy (non-hydrogen) atoms. The van der Waals surface area contributed by atoms with Crippen LogP contribution < -0.4 is 4.74 Å². The number of hydrogen-bond acceptors (Lipinski definition) is 4. The summed E-state index contributed by atoms with van der Waals surface area (Å²) in [5, 5.41) is 10.2. The third-order valence-electron chi connectivity index (χ3n) is 3.46. The number of aromatic nitrogens is 1. The molecule has 0 radical (unpaired) electrons. The van der Waals surface area contributed by atoms with Gasteiger partial charge in [0, 0.05) is 11.1 Å². The Hall–Kier alpha value is -2.66. The van der Waals surface area contributed by atoms with Gasteiger partial charge >= 0.3 is 5.97 Å². The average molecular weight is 325 g/mol. The van der Waals surface area contributed by atoms with Crippen molar-refractivity contribution in [2.24, 2.45) is 0 Å². The van der Waals surface area contributed by atoms with Crippen LogP contribution in [-0.4, -0.2) is 23.2 Å². The summed E-state index contributed by atoms with van der Waals surface area (Å²) in [5.41, 5.74) is 3.27. The van der Waals surface area contributed by atoms with Crippen LogP contribution in [0, 0.1) is 6.92 Å². The minimum absolute atomic E-state index is 0.230. The van der Waals surface area contributed by atoms with Gasteiger partial charge in [-0.05, 0) is 19.1 Å². The molecule has 0 spiro atoms. The van der Waals surface area contributed by atoms with Crippen LogP contribution in [0.15, 0.2) is 48.5 Å². The zero-order valence-corrected chi connectivity index (χ0v) is 13.6. The van der Waals surface area contributed by atoms with Crippen molar-refractivity contribution in [3.8, 4) is 27.6 Å². The molecule has 3 rings (SSSR count). The maximum atomic E-state index is 11.6. The standard InChI is InChI=1S/C18H15NO3S/c1-11-6-8-12(9-7-11)17-19-15(16(23-17)18(20)21)13-4-3-5-14(10-13)22-2/h3-10H,1-2H3,(H,20,21). The van der Waals surface area contributed by atoms with Gasteiger partial charge in [0.25, 0.3) is 0 Å². The van der Waals surface area contributed by atoms with E-state index in [1.165, 1.54) is 11.3 Å². The van der Waals surface area contributed by atoms with Crippen LogP contribution in [0.4, 0.5) is 0 Å². The van der Waals surface area contributed by atoms with Gasteiger partial charge in [0.05, 0.1) is 12.8 Å². The van der Waals surface area contributed by atoms with Crippen LogP contribution in [0.5, 0.6) is 5.75 Å². The first-order valence-corrected chi connectivity index (χ1v) is 7.85. The molecule has 0 amide bonds. The minimum atomic E-state index is -0.973. The Bertz CT molecular complexity index is 853. The predicted octanol–water partition coefficient (Wildman–Crippen LogP) is 4.49. The second-order valence-corrected chi connectivity index (χ2v) is 6.10. The third-order valence-corrected chi connectivity index (χ3v) is 4.56. The van der Waals surface area contributed by atoms with E-state index in [9.17, 15) is 9.90 Å². The number of aryl methyl sites for hydroxylation is 1. The molecule has 4 nitrogen and oxygen atoms in total. The van der Waals surface area contributed by atoms with Gasteiger partial charge in [-0.15, -0.1) is 11.3 Å². The molecule has 1 heterocycles. The van der Waals surface area contributed by atoms with Gasteiger partial charge in [-0.3, -0.25) is 0 Å². The molecule has 5 heteroatoms. The summed E-state index contributed by atoms with van der Waals surface area (Å²) >= 11 is 1.18. The van der Waals surface area contributed by atoms with E-state index in [2.05, 4.69) is 4.98 Å². The van der Waals surface area contributed by atoms with Crippen LogP contribution in [0.2, 0.25) is 0 Å². The number of methoxy groups -OCH3 is 1. The van der Waals surface area contributed by atoms with Crippen LogP contribution in [0.1, 0.15) is 15.2 Å². The Labute approximate surface area is 138 Å². The molecule has 3 aromatic rings. The lowest BCUT2D eigenvalue weighted by Gasteiger charge is -2.03. The van der Waals surface area contributed by atoms with E-state index in [0.717, 1.165) is 16.7 Å². The highest BCUT2D eigenvalue weighted by atomic mass is 32.1. The van der Waals surface area contributed by atoms with Crippen molar-refractivity contribution in [2.45, 2.75) is 6.92 Å². The van der Waals surface area contributed by atoms with E-state index >= 15 is 0 Å². The minimum Gasteiger partial charge on any atom is -0.497 e. The van der Waals surface area contributed by atoms with Crippen LogP contribution in [-0.2, 0) is 0 Å². The zero-order chi connectivity index (χ0) is 16.4. The van der Waals surface area contributed by atoms with Crippen LogP contribution in [0.25, 0.3) is 21.8 Å². The lowest BCUT2D eigenvalue weighted by atomic mass is 10.1. The summed E-state index contributed by atoms with van der Waals surface area (Å²) in [5.74, 6) is -0.303. The second-order valence-electron chi connectivity index (χ2n) is 5.10. The highest BCUT2D eigenvalue weighted by Crippen LogP contribution is 2.35. The third kappa shape index (κ3) is 3.10. The number of hydrogen-bond donors (Lipinski definition) is 1. The topological polar surface area (TPSA) is 59.4 Å². The normalized spacial score (nSPS) is 10.5. The highest BCUT2D eigenvalue weighted by Gasteiger charge is 2.19. The number of aromatic carboxylic acids is 1. The molecule has 0 fully saturated rings. The zero-order valence-electron chi connectivity index (χ0n) is 12.7. The van der Waals surface area contributed by atoms with E-state index in [4.69, 9.17) is 4.74 Å². The van der Waals surface area contributed by atoms with E-state index in [1.54, 1.807) is 13.2 Å². The van der Waals surface area contributed by atoms with Gasteiger partial charge in [-0.1, -0.05) is 42.0 Å². The van der Waals surface area contributed by atoms with Crippen molar-refractivity contribution in [3.63, 3.8) is 0 Å². The molecule has 0 aliphatic rings. The molecule has 116 valence electrons. The Kier molecular flexibility index (Phi) is 4.12. The van der Waals surface area contributed by atoms with Crippen molar-refractivity contribution in [2.75, 3.05) is 7.11 Å². The summed E-state index contributed by atoms with van der Waals surface area (Å²) in [6.45, 7) is 2.01. The summed E-state index contributed by atoms with van der Waals surface area (Å²) in [6.07, 6.45) is 0.